The summed E-state index contributed by atoms with van der Waals surface area (Å²) < 4.78 is 0. The van der Waals surface area contributed by atoms with E-state index in [0.29, 0.717) is 29.4 Å². The van der Waals surface area contributed by atoms with E-state index >= 15 is 0 Å². The van der Waals surface area contributed by atoms with Crippen LogP contribution in [-0.4, -0.2) is 29.0 Å². The van der Waals surface area contributed by atoms with Crippen LogP contribution in [0.1, 0.15) is 53.0 Å². The summed E-state index contributed by atoms with van der Waals surface area (Å²) in [5, 5.41) is 3.61. The lowest BCUT2D eigenvalue weighted by Crippen LogP contribution is -2.28. The molecule has 0 aliphatic carbocycles. The molecule has 6 heteroatoms. The zero-order valence-electron chi connectivity index (χ0n) is 16.0. The molecular formula is C22H25ClN2O2S. The van der Waals surface area contributed by atoms with Gasteiger partial charge in [0.1, 0.15) is 5.37 Å². The minimum Gasteiger partial charge on any atom is -0.352 e. The van der Waals surface area contributed by atoms with Crippen LogP contribution in [0.15, 0.2) is 48.5 Å². The molecule has 1 fully saturated rings. The molecule has 2 aromatic rings. The number of hydrogen-bond acceptors (Lipinski definition) is 3. The van der Waals surface area contributed by atoms with Crippen molar-refractivity contribution in [2.45, 2.75) is 38.1 Å². The van der Waals surface area contributed by atoms with E-state index in [9.17, 15) is 9.59 Å². The maximum absolute atomic E-state index is 12.4. The lowest BCUT2D eigenvalue weighted by atomic mass is 10.1. The van der Waals surface area contributed by atoms with Gasteiger partial charge < -0.3 is 10.2 Å². The van der Waals surface area contributed by atoms with Crippen LogP contribution in [0.5, 0.6) is 0 Å². The van der Waals surface area contributed by atoms with Gasteiger partial charge in [0.05, 0.1) is 5.75 Å². The van der Waals surface area contributed by atoms with Gasteiger partial charge in [0.2, 0.25) is 5.91 Å². The highest BCUT2D eigenvalue weighted by atomic mass is 35.5. The highest BCUT2D eigenvalue weighted by Gasteiger charge is 2.32. The number of carbonyl (C=O) groups excluding carboxylic acids is 2. The van der Waals surface area contributed by atoms with Crippen molar-refractivity contribution in [3.05, 3.63) is 70.2 Å². The molecule has 0 unspecified atom stereocenters. The summed E-state index contributed by atoms with van der Waals surface area (Å²) >= 11 is 7.57. The molecule has 28 heavy (non-hydrogen) atoms. The minimum absolute atomic E-state index is 0.0372. The van der Waals surface area contributed by atoms with Gasteiger partial charge in [-0.05, 0) is 41.8 Å². The molecule has 0 aromatic heterocycles. The average molecular weight is 417 g/mol. The van der Waals surface area contributed by atoms with Crippen LogP contribution in [0.4, 0.5) is 0 Å². The highest BCUT2D eigenvalue weighted by molar-refractivity contribution is 8.00. The van der Waals surface area contributed by atoms with Crippen LogP contribution >= 0.6 is 23.4 Å². The summed E-state index contributed by atoms with van der Waals surface area (Å²) in [5.41, 5.74) is 2.74. The number of nitrogens with one attached hydrogen (secondary N) is 1. The number of thioether (sulfide) groups is 1. The smallest absolute Gasteiger partial charge is 0.251 e. The zero-order chi connectivity index (χ0) is 19.9. The second-order valence-electron chi connectivity index (χ2n) is 6.90. The van der Waals surface area contributed by atoms with Crippen LogP contribution in [0.25, 0.3) is 0 Å². The number of nitrogens with zero attached hydrogens (tertiary/aromatic N) is 1. The number of hydrogen-bond donors (Lipinski definition) is 1. The van der Waals surface area contributed by atoms with Crippen molar-refractivity contribution in [1.82, 2.24) is 10.2 Å². The van der Waals surface area contributed by atoms with E-state index in [1.54, 1.807) is 11.8 Å². The number of halogens is 1. The number of rotatable bonds is 8. The van der Waals surface area contributed by atoms with Crippen molar-refractivity contribution in [3.8, 4) is 0 Å². The van der Waals surface area contributed by atoms with Crippen molar-refractivity contribution in [1.29, 1.82) is 0 Å². The Balaban J connectivity index is 1.65. The van der Waals surface area contributed by atoms with Gasteiger partial charge in [-0.15, -0.1) is 11.8 Å². The first kappa shape index (κ1) is 20.7. The van der Waals surface area contributed by atoms with Gasteiger partial charge in [0, 0.05) is 23.7 Å². The number of amides is 2. The molecule has 0 radical (unpaired) electrons. The Bertz CT molecular complexity index is 808. The van der Waals surface area contributed by atoms with E-state index < -0.39 is 0 Å². The summed E-state index contributed by atoms with van der Waals surface area (Å²) in [5.74, 6) is 0.552. The van der Waals surface area contributed by atoms with Gasteiger partial charge in [0.25, 0.3) is 5.91 Å². The second kappa shape index (κ2) is 9.99. The molecular weight excluding hydrogens is 392 g/mol. The summed E-state index contributed by atoms with van der Waals surface area (Å²) in [4.78, 5) is 26.5. The maximum atomic E-state index is 12.4. The third-order valence-corrected chi connectivity index (χ3v) is 6.27. The van der Waals surface area contributed by atoms with Crippen molar-refractivity contribution in [3.63, 3.8) is 0 Å². The van der Waals surface area contributed by atoms with Crippen LogP contribution in [-0.2, 0) is 11.3 Å². The van der Waals surface area contributed by atoms with E-state index in [-0.39, 0.29) is 17.2 Å². The predicted octanol–water partition coefficient (Wildman–Crippen LogP) is 5.03. The normalized spacial score (nSPS) is 16.4. The van der Waals surface area contributed by atoms with E-state index in [4.69, 9.17) is 11.6 Å². The molecule has 1 heterocycles. The van der Waals surface area contributed by atoms with Gasteiger partial charge in [-0.3, -0.25) is 9.59 Å². The first-order chi connectivity index (χ1) is 13.6. The zero-order valence-corrected chi connectivity index (χ0v) is 17.6. The molecule has 4 nitrogen and oxygen atoms in total. The van der Waals surface area contributed by atoms with Crippen LogP contribution < -0.4 is 5.32 Å². The van der Waals surface area contributed by atoms with E-state index in [1.807, 2.05) is 53.4 Å². The summed E-state index contributed by atoms with van der Waals surface area (Å²) in [7, 11) is 0. The first-order valence-corrected chi connectivity index (χ1v) is 11.0. The monoisotopic (exact) mass is 416 g/mol. The van der Waals surface area contributed by atoms with Crippen molar-refractivity contribution >= 4 is 35.2 Å². The molecule has 1 saturated heterocycles. The Labute approximate surface area is 175 Å². The van der Waals surface area contributed by atoms with Gasteiger partial charge in [0.15, 0.2) is 0 Å². The third kappa shape index (κ3) is 5.30. The van der Waals surface area contributed by atoms with Crippen molar-refractivity contribution in [2.75, 3.05) is 12.3 Å². The largest absolute Gasteiger partial charge is 0.352 e. The van der Waals surface area contributed by atoms with Gasteiger partial charge >= 0.3 is 0 Å². The number of unbranched alkanes of at least 4 members (excludes halogenated alkanes) is 2. The standard InChI is InChI=1S/C22H25ClN2O2S/c1-2-3-4-13-24-21(27)17-7-9-18(10-8-17)22-25(20(26)15-28-22)14-16-5-11-19(23)12-6-16/h5-12,22H,2-4,13-15H2,1H3,(H,24,27)/t22-/m1/s1. The molecule has 0 spiro atoms. The molecule has 3 rings (SSSR count). The summed E-state index contributed by atoms with van der Waals surface area (Å²) in [6, 6.07) is 15.2. The fraction of sp³-hybridized carbons (Fsp3) is 0.364. The molecule has 0 saturated carbocycles. The summed E-state index contributed by atoms with van der Waals surface area (Å²) in [6.07, 6.45) is 3.26. The molecule has 1 aliphatic rings. The fourth-order valence-electron chi connectivity index (χ4n) is 3.17. The SMILES string of the molecule is CCCCCNC(=O)c1ccc([C@H]2SCC(=O)N2Cc2ccc(Cl)cc2)cc1. The molecule has 1 N–H and O–H groups in total. The van der Waals surface area contributed by atoms with E-state index in [1.165, 1.54) is 0 Å². The van der Waals surface area contributed by atoms with Crippen molar-refractivity contribution in [2.24, 2.45) is 0 Å². The Morgan fingerprint density at radius 3 is 2.54 bits per heavy atom. The molecule has 2 amide bonds. The lowest BCUT2D eigenvalue weighted by molar-refractivity contribution is -0.128. The molecule has 0 bridgehead atoms. The van der Waals surface area contributed by atoms with Gasteiger partial charge in [-0.25, -0.2) is 0 Å². The Morgan fingerprint density at radius 2 is 1.86 bits per heavy atom. The Kier molecular flexibility index (Phi) is 7.40. The maximum Gasteiger partial charge on any atom is 0.251 e. The van der Waals surface area contributed by atoms with Crippen LogP contribution in [0, 0.1) is 0 Å². The summed E-state index contributed by atoms with van der Waals surface area (Å²) in [6.45, 7) is 3.39. The molecule has 1 atom stereocenters. The van der Waals surface area contributed by atoms with Crippen LogP contribution in [0.3, 0.4) is 0 Å². The van der Waals surface area contributed by atoms with Gasteiger partial charge in [-0.2, -0.15) is 0 Å². The fourth-order valence-corrected chi connectivity index (χ4v) is 4.48. The first-order valence-electron chi connectivity index (χ1n) is 9.62. The molecule has 2 aromatic carbocycles. The highest BCUT2D eigenvalue weighted by Crippen LogP contribution is 2.39. The topological polar surface area (TPSA) is 49.4 Å². The molecule has 148 valence electrons. The Hall–Kier alpha value is -1.98. The van der Waals surface area contributed by atoms with Gasteiger partial charge in [-0.1, -0.05) is 55.6 Å². The second-order valence-corrected chi connectivity index (χ2v) is 8.40. The quantitative estimate of drug-likeness (QED) is 0.613. The van der Waals surface area contributed by atoms with E-state index in [0.717, 1.165) is 30.4 Å². The third-order valence-electron chi connectivity index (χ3n) is 4.76. The minimum atomic E-state index is -0.0455. The average Bonchev–Trinajstić information content (AvgIpc) is 3.07. The van der Waals surface area contributed by atoms with Crippen molar-refractivity contribution < 1.29 is 9.59 Å². The molecule has 1 aliphatic heterocycles. The Morgan fingerprint density at radius 1 is 1.14 bits per heavy atom. The van der Waals surface area contributed by atoms with Crippen LogP contribution in [0.2, 0.25) is 5.02 Å². The van der Waals surface area contributed by atoms with E-state index in [2.05, 4.69) is 12.2 Å². The number of carbonyl (C=O) groups is 2. The number of benzene rings is 2. The predicted molar refractivity (Wildman–Crippen MR) is 116 cm³/mol. The lowest BCUT2D eigenvalue weighted by Gasteiger charge is -2.24.